The number of carbonyl (C=O) groups is 1. The standard InChI is InChI=1S/C17H18N2O2/c1-11-9-15(12(2)19-18-11)16(20)10-13-7-8-21-17-6-4-3-5-14(13)17/h3-6,9,13H,7-8,10H2,1-2H3. The van der Waals surface area contributed by atoms with E-state index in [9.17, 15) is 4.79 Å². The van der Waals surface area contributed by atoms with Gasteiger partial charge in [-0.05, 0) is 43.9 Å². The van der Waals surface area contributed by atoms with E-state index in [2.05, 4.69) is 16.3 Å². The van der Waals surface area contributed by atoms with Gasteiger partial charge in [-0.3, -0.25) is 4.79 Å². The van der Waals surface area contributed by atoms with Crippen LogP contribution in [0.25, 0.3) is 0 Å². The SMILES string of the molecule is Cc1cc(C(=O)CC2CCOc3ccccc32)c(C)nn1. The monoisotopic (exact) mass is 282 g/mol. The molecule has 4 nitrogen and oxygen atoms in total. The quantitative estimate of drug-likeness (QED) is 0.811. The molecule has 0 amide bonds. The highest BCUT2D eigenvalue weighted by atomic mass is 16.5. The number of benzene rings is 1. The zero-order valence-electron chi connectivity index (χ0n) is 12.3. The van der Waals surface area contributed by atoms with Gasteiger partial charge in [-0.15, -0.1) is 0 Å². The molecule has 4 heteroatoms. The molecular formula is C17H18N2O2. The highest BCUT2D eigenvalue weighted by Gasteiger charge is 2.24. The highest BCUT2D eigenvalue weighted by Crippen LogP contribution is 2.36. The van der Waals surface area contributed by atoms with Crippen molar-refractivity contribution in [2.75, 3.05) is 6.61 Å². The third kappa shape index (κ3) is 2.79. The number of aromatic nitrogens is 2. The molecule has 3 rings (SSSR count). The number of hydrogen-bond donors (Lipinski definition) is 0. The van der Waals surface area contributed by atoms with Crippen molar-refractivity contribution in [2.24, 2.45) is 0 Å². The third-order valence-corrected chi connectivity index (χ3v) is 3.92. The summed E-state index contributed by atoms with van der Waals surface area (Å²) >= 11 is 0. The summed E-state index contributed by atoms with van der Waals surface area (Å²) in [6.45, 7) is 4.35. The smallest absolute Gasteiger partial charge is 0.165 e. The Bertz CT molecular complexity index is 682. The van der Waals surface area contributed by atoms with Gasteiger partial charge in [0.1, 0.15) is 5.75 Å². The summed E-state index contributed by atoms with van der Waals surface area (Å²) in [4.78, 5) is 12.6. The van der Waals surface area contributed by atoms with Crippen LogP contribution in [-0.2, 0) is 0 Å². The van der Waals surface area contributed by atoms with Crippen LogP contribution in [0.3, 0.4) is 0 Å². The van der Waals surface area contributed by atoms with Crippen LogP contribution in [0.4, 0.5) is 0 Å². The lowest BCUT2D eigenvalue weighted by molar-refractivity contribution is 0.0964. The summed E-state index contributed by atoms with van der Waals surface area (Å²) in [5, 5.41) is 8.02. The second-order valence-corrected chi connectivity index (χ2v) is 5.48. The number of aryl methyl sites for hydroxylation is 2. The first-order valence-corrected chi connectivity index (χ1v) is 7.21. The second-order valence-electron chi connectivity index (χ2n) is 5.48. The van der Waals surface area contributed by atoms with E-state index in [4.69, 9.17) is 4.74 Å². The fourth-order valence-electron chi connectivity index (χ4n) is 2.79. The molecule has 0 N–H and O–H groups in total. The van der Waals surface area contributed by atoms with Gasteiger partial charge < -0.3 is 4.74 Å². The van der Waals surface area contributed by atoms with Gasteiger partial charge in [0.25, 0.3) is 0 Å². The minimum Gasteiger partial charge on any atom is -0.493 e. The Morgan fingerprint density at radius 2 is 2.10 bits per heavy atom. The van der Waals surface area contributed by atoms with Crippen LogP contribution in [0.15, 0.2) is 30.3 Å². The number of hydrogen-bond acceptors (Lipinski definition) is 4. The number of nitrogens with zero attached hydrogens (tertiary/aromatic N) is 2. The van der Waals surface area contributed by atoms with Crippen molar-refractivity contribution in [3.8, 4) is 5.75 Å². The van der Waals surface area contributed by atoms with Crippen molar-refractivity contribution in [2.45, 2.75) is 32.6 Å². The Hall–Kier alpha value is -2.23. The topological polar surface area (TPSA) is 52.1 Å². The number of fused-ring (bicyclic) bond motifs is 1. The van der Waals surface area contributed by atoms with E-state index in [-0.39, 0.29) is 11.7 Å². The Morgan fingerprint density at radius 1 is 1.29 bits per heavy atom. The normalized spacial score (nSPS) is 17.0. The van der Waals surface area contributed by atoms with Gasteiger partial charge in [0, 0.05) is 12.0 Å². The summed E-state index contributed by atoms with van der Waals surface area (Å²) in [6, 6.07) is 9.80. The summed E-state index contributed by atoms with van der Waals surface area (Å²) in [7, 11) is 0. The number of carbonyl (C=O) groups excluding carboxylic acids is 1. The number of ether oxygens (including phenoxy) is 1. The van der Waals surface area contributed by atoms with E-state index in [1.807, 2.05) is 38.1 Å². The van der Waals surface area contributed by atoms with Gasteiger partial charge in [0.15, 0.2) is 5.78 Å². The maximum absolute atomic E-state index is 12.6. The van der Waals surface area contributed by atoms with Crippen LogP contribution in [0.5, 0.6) is 5.75 Å². The number of ketones is 1. The first-order valence-electron chi connectivity index (χ1n) is 7.21. The molecule has 0 radical (unpaired) electrons. The summed E-state index contributed by atoms with van der Waals surface area (Å²) < 4.78 is 5.65. The van der Waals surface area contributed by atoms with Crippen LogP contribution in [0.2, 0.25) is 0 Å². The zero-order chi connectivity index (χ0) is 14.8. The van der Waals surface area contributed by atoms with E-state index in [1.165, 1.54) is 0 Å². The molecule has 0 saturated heterocycles. The third-order valence-electron chi connectivity index (χ3n) is 3.92. The van der Waals surface area contributed by atoms with Crippen LogP contribution in [0, 0.1) is 13.8 Å². The van der Waals surface area contributed by atoms with Gasteiger partial charge in [0.2, 0.25) is 0 Å². The Balaban J connectivity index is 1.84. The maximum atomic E-state index is 12.6. The first kappa shape index (κ1) is 13.7. The molecule has 0 bridgehead atoms. The van der Waals surface area contributed by atoms with E-state index in [1.54, 1.807) is 0 Å². The Labute approximate surface area is 124 Å². The molecule has 2 heterocycles. The average Bonchev–Trinajstić information content (AvgIpc) is 2.50. The molecule has 1 aromatic heterocycles. The predicted molar refractivity (Wildman–Crippen MR) is 79.7 cm³/mol. The Kier molecular flexibility index (Phi) is 3.69. The van der Waals surface area contributed by atoms with Gasteiger partial charge in [-0.2, -0.15) is 10.2 Å². The molecule has 1 aliphatic heterocycles. The fourth-order valence-corrected chi connectivity index (χ4v) is 2.79. The largest absolute Gasteiger partial charge is 0.493 e. The van der Waals surface area contributed by atoms with Crippen molar-refractivity contribution in [1.82, 2.24) is 10.2 Å². The molecule has 108 valence electrons. The van der Waals surface area contributed by atoms with Crippen LogP contribution in [0.1, 0.15) is 46.1 Å². The van der Waals surface area contributed by atoms with E-state index >= 15 is 0 Å². The lowest BCUT2D eigenvalue weighted by Crippen LogP contribution is -2.18. The van der Waals surface area contributed by atoms with Crippen molar-refractivity contribution in [1.29, 1.82) is 0 Å². The molecule has 0 aliphatic carbocycles. The van der Waals surface area contributed by atoms with E-state index in [0.717, 1.165) is 23.4 Å². The van der Waals surface area contributed by atoms with E-state index < -0.39 is 0 Å². The van der Waals surface area contributed by atoms with Crippen molar-refractivity contribution in [3.05, 3.63) is 52.8 Å². The van der Waals surface area contributed by atoms with Crippen molar-refractivity contribution >= 4 is 5.78 Å². The molecule has 0 saturated carbocycles. The molecule has 1 unspecified atom stereocenters. The molecule has 0 fully saturated rings. The molecule has 21 heavy (non-hydrogen) atoms. The van der Waals surface area contributed by atoms with Crippen molar-refractivity contribution < 1.29 is 9.53 Å². The molecule has 1 atom stereocenters. The zero-order valence-corrected chi connectivity index (χ0v) is 12.3. The van der Waals surface area contributed by atoms with Gasteiger partial charge in [-0.25, -0.2) is 0 Å². The molecule has 2 aromatic rings. The lowest BCUT2D eigenvalue weighted by Gasteiger charge is -2.25. The summed E-state index contributed by atoms with van der Waals surface area (Å²) in [5.41, 5.74) is 3.29. The van der Waals surface area contributed by atoms with Gasteiger partial charge in [0.05, 0.1) is 18.0 Å². The minimum absolute atomic E-state index is 0.132. The molecular weight excluding hydrogens is 264 g/mol. The van der Waals surface area contributed by atoms with Crippen LogP contribution >= 0.6 is 0 Å². The number of rotatable bonds is 3. The van der Waals surface area contributed by atoms with Crippen LogP contribution < -0.4 is 4.74 Å². The summed E-state index contributed by atoms with van der Waals surface area (Å²) in [6.07, 6.45) is 1.37. The number of para-hydroxylation sites is 1. The fraction of sp³-hybridized carbons (Fsp3) is 0.353. The second kappa shape index (κ2) is 5.64. The predicted octanol–water partition coefficient (Wildman–Crippen LogP) is 3.23. The maximum Gasteiger partial charge on any atom is 0.165 e. The summed E-state index contributed by atoms with van der Waals surface area (Å²) in [5.74, 6) is 1.25. The van der Waals surface area contributed by atoms with Gasteiger partial charge >= 0.3 is 0 Å². The number of Topliss-reactive ketones (excluding diaryl/α,β-unsaturated/α-hetero) is 1. The highest BCUT2D eigenvalue weighted by molar-refractivity contribution is 5.97. The minimum atomic E-state index is 0.132. The molecule has 1 aromatic carbocycles. The lowest BCUT2D eigenvalue weighted by atomic mass is 9.87. The van der Waals surface area contributed by atoms with Gasteiger partial charge in [-0.1, -0.05) is 18.2 Å². The average molecular weight is 282 g/mol. The molecule has 1 aliphatic rings. The molecule has 0 spiro atoms. The van der Waals surface area contributed by atoms with E-state index in [0.29, 0.717) is 24.3 Å². The van der Waals surface area contributed by atoms with Crippen molar-refractivity contribution in [3.63, 3.8) is 0 Å². The van der Waals surface area contributed by atoms with Crippen LogP contribution in [-0.4, -0.2) is 22.6 Å². The first-order chi connectivity index (χ1) is 10.1. The Morgan fingerprint density at radius 3 is 2.95 bits per heavy atom.